The molecule has 4 rings (SSSR count). The molecule has 1 aliphatic rings. The Balaban J connectivity index is 1.59. The van der Waals surface area contributed by atoms with Crippen LogP contribution >= 0.6 is 0 Å². The van der Waals surface area contributed by atoms with Crippen LogP contribution in [0.5, 0.6) is 5.75 Å². The summed E-state index contributed by atoms with van der Waals surface area (Å²) in [5.41, 5.74) is 2.15. The fourth-order valence-corrected chi connectivity index (χ4v) is 3.15. The molecule has 0 bridgehead atoms. The summed E-state index contributed by atoms with van der Waals surface area (Å²) in [6.07, 6.45) is 4.36. The molecule has 1 N–H and O–H groups in total. The number of pyridine rings is 1. The van der Waals surface area contributed by atoms with Crippen molar-refractivity contribution in [2.75, 3.05) is 13.1 Å². The van der Waals surface area contributed by atoms with Crippen LogP contribution in [0.15, 0.2) is 60.8 Å². The first-order valence-corrected chi connectivity index (χ1v) is 8.22. The Bertz CT molecular complexity index is 787. The first-order chi connectivity index (χ1) is 11.4. The Labute approximate surface area is 136 Å². The Kier molecular flexibility index (Phi) is 3.95. The summed E-state index contributed by atoms with van der Waals surface area (Å²) >= 11 is 0. The van der Waals surface area contributed by atoms with Gasteiger partial charge in [0, 0.05) is 17.1 Å². The molecule has 0 unspecified atom stereocenters. The molecule has 3 nitrogen and oxygen atoms in total. The lowest BCUT2D eigenvalue weighted by molar-refractivity contribution is 0.162. The van der Waals surface area contributed by atoms with E-state index in [-0.39, 0.29) is 0 Å². The smallest absolute Gasteiger partial charge is 0.119 e. The number of hydrogen-bond donors (Lipinski definition) is 1. The number of nitrogens with zero attached hydrogens (tertiary/aromatic N) is 1. The van der Waals surface area contributed by atoms with Crippen molar-refractivity contribution in [3.8, 4) is 17.0 Å². The summed E-state index contributed by atoms with van der Waals surface area (Å²) < 4.78 is 6.07. The predicted molar refractivity (Wildman–Crippen MR) is 93.7 cm³/mol. The van der Waals surface area contributed by atoms with Crippen LogP contribution in [0.4, 0.5) is 0 Å². The summed E-state index contributed by atoms with van der Waals surface area (Å²) in [5.74, 6) is 0.945. The minimum atomic E-state index is 0.331. The fraction of sp³-hybridized carbons (Fsp3) is 0.250. The van der Waals surface area contributed by atoms with Crippen LogP contribution in [0.3, 0.4) is 0 Å². The number of aromatic nitrogens is 1. The van der Waals surface area contributed by atoms with Crippen molar-refractivity contribution in [3.63, 3.8) is 0 Å². The number of fused-ring (bicyclic) bond motifs is 1. The van der Waals surface area contributed by atoms with Gasteiger partial charge in [0.15, 0.2) is 0 Å². The fourth-order valence-electron chi connectivity index (χ4n) is 3.15. The predicted octanol–water partition coefficient (Wildman–Crippen LogP) is 4.03. The minimum Gasteiger partial charge on any atom is -0.490 e. The molecule has 23 heavy (non-hydrogen) atoms. The lowest BCUT2D eigenvalue weighted by Crippen LogP contribution is -2.34. The largest absolute Gasteiger partial charge is 0.490 e. The maximum absolute atomic E-state index is 6.07. The molecule has 0 saturated carbocycles. The van der Waals surface area contributed by atoms with Crippen LogP contribution in [0.1, 0.15) is 12.8 Å². The van der Waals surface area contributed by atoms with E-state index in [4.69, 9.17) is 4.74 Å². The molecule has 0 amide bonds. The Morgan fingerprint density at radius 3 is 2.52 bits per heavy atom. The van der Waals surface area contributed by atoms with Crippen LogP contribution in [0.25, 0.3) is 22.0 Å². The number of piperidine rings is 1. The summed E-state index contributed by atoms with van der Waals surface area (Å²) in [6, 6.07) is 18.7. The number of hydrogen-bond acceptors (Lipinski definition) is 3. The number of ether oxygens (including phenoxy) is 1. The van der Waals surface area contributed by atoms with Crippen molar-refractivity contribution in [1.82, 2.24) is 10.3 Å². The van der Waals surface area contributed by atoms with E-state index >= 15 is 0 Å². The van der Waals surface area contributed by atoms with Crippen LogP contribution in [-0.2, 0) is 0 Å². The van der Waals surface area contributed by atoms with E-state index in [1.165, 1.54) is 10.8 Å². The molecular formula is C20H20N2O. The molecular weight excluding hydrogens is 284 g/mol. The Hall–Kier alpha value is -2.39. The molecule has 3 heteroatoms. The van der Waals surface area contributed by atoms with Gasteiger partial charge in [0.05, 0.1) is 5.69 Å². The van der Waals surface area contributed by atoms with Crippen molar-refractivity contribution >= 4 is 10.8 Å². The van der Waals surface area contributed by atoms with E-state index in [0.717, 1.165) is 42.9 Å². The van der Waals surface area contributed by atoms with Gasteiger partial charge in [0.25, 0.3) is 0 Å². The van der Waals surface area contributed by atoms with Crippen LogP contribution in [0, 0.1) is 0 Å². The molecule has 2 heterocycles. The average molecular weight is 304 g/mol. The van der Waals surface area contributed by atoms with Gasteiger partial charge in [0.1, 0.15) is 11.9 Å². The summed E-state index contributed by atoms with van der Waals surface area (Å²) in [5, 5.41) is 5.76. The lowest BCUT2D eigenvalue weighted by Gasteiger charge is -2.23. The third-order valence-electron chi connectivity index (χ3n) is 4.39. The van der Waals surface area contributed by atoms with Gasteiger partial charge in [-0.2, -0.15) is 0 Å². The van der Waals surface area contributed by atoms with Crippen molar-refractivity contribution < 1.29 is 4.74 Å². The second kappa shape index (κ2) is 6.39. The van der Waals surface area contributed by atoms with E-state index < -0.39 is 0 Å². The average Bonchev–Trinajstić information content (AvgIpc) is 2.63. The van der Waals surface area contributed by atoms with E-state index in [9.17, 15) is 0 Å². The molecule has 0 atom stereocenters. The molecule has 0 spiro atoms. The van der Waals surface area contributed by atoms with Gasteiger partial charge in [-0.15, -0.1) is 0 Å². The van der Waals surface area contributed by atoms with E-state index in [0.29, 0.717) is 6.10 Å². The van der Waals surface area contributed by atoms with Crippen molar-refractivity contribution in [2.45, 2.75) is 18.9 Å². The second-order valence-corrected chi connectivity index (χ2v) is 5.97. The number of benzene rings is 2. The highest BCUT2D eigenvalue weighted by Crippen LogP contribution is 2.28. The molecule has 1 fully saturated rings. The standard InChI is InChI=1S/C20H20N2O/c1-2-4-19-15(3-1)9-14-22-20(19)16-5-7-17(8-6-16)23-18-10-12-21-13-11-18/h1-9,14,18,21H,10-13H2. The van der Waals surface area contributed by atoms with Crippen LogP contribution < -0.4 is 10.1 Å². The lowest BCUT2D eigenvalue weighted by atomic mass is 10.0. The number of nitrogens with one attached hydrogen (secondary N) is 1. The van der Waals surface area contributed by atoms with Gasteiger partial charge in [-0.05, 0) is 61.6 Å². The van der Waals surface area contributed by atoms with Gasteiger partial charge in [-0.3, -0.25) is 4.98 Å². The molecule has 1 saturated heterocycles. The number of rotatable bonds is 3. The monoisotopic (exact) mass is 304 g/mol. The highest BCUT2D eigenvalue weighted by molar-refractivity contribution is 5.94. The van der Waals surface area contributed by atoms with Crippen molar-refractivity contribution in [1.29, 1.82) is 0 Å². The maximum atomic E-state index is 6.07. The SMILES string of the molecule is c1ccc2c(-c3ccc(OC4CCNCC4)cc3)nccc2c1. The molecule has 1 aliphatic heterocycles. The van der Waals surface area contributed by atoms with Gasteiger partial charge < -0.3 is 10.1 Å². The van der Waals surface area contributed by atoms with Gasteiger partial charge in [0.2, 0.25) is 0 Å². The van der Waals surface area contributed by atoms with Gasteiger partial charge >= 0.3 is 0 Å². The molecule has 1 aromatic heterocycles. The normalized spacial score (nSPS) is 15.7. The molecule has 2 aromatic carbocycles. The molecule has 3 aromatic rings. The highest BCUT2D eigenvalue weighted by atomic mass is 16.5. The molecule has 0 radical (unpaired) electrons. The Morgan fingerprint density at radius 2 is 1.70 bits per heavy atom. The van der Waals surface area contributed by atoms with Gasteiger partial charge in [-0.1, -0.05) is 24.3 Å². The van der Waals surface area contributed by atoms with Gasteiger partial charge in [-0.25, -0.2) is 0 Å². The zero-order valence-corrected chi connectivity index (χ0v) is 13.0. The third kappa shape index (κ3) is 3.06. The van der Waals surface area contributed by atoms with E-state index in [2.05, 4.69) is 58.8 Å². The highest BCUT2D eigenvalue weighted by Gasteiger charge is 2.14. The van der Waals surface area contributed by atoms with Crippen LogP contribution in [-0.4, -0.2) is 24.2 Å². The topological polar surface area (TPSA) is 34.1 Å². The second-order valence-electron chi connectivity index (χ2n) is 5.97. The summed E-state index contributed by atoms with van der Waals surface area (Å²) in [6.45, 7) is 2.09. The van der Waals surface area contributed by atoms with Crippen LogP contribution in [0.2, 0.25) is 0 Å². The first-order valence-electron chi connectivity index (χ1n) is 8.22. The van der Waals surface area contributed by atoms with Crippen molar-refractivity contribution in [3.05, 3.63) is 60.8 Å². The van der Waals surface area contributed by atoms with E-state index in [1.807, 2.05) is 12.3 Å². The van der Waals surface area contributed by atoms with E-state index in [1.54, 1.807) is 0 Å². The zero-order chi connectivity index (χ0) is 15.5. The molecule has 116 valence electrons. The quantitative estimate of drug-likeness (QED) is 0.793. The minimum absolute atomic E-state index is 0.331. The molecule has 0 aliphatic carbocycles. The zero-order valence-electron chi connectivity index (χ0n) is 13.0. The first kappa shape index (κ1) is 14.2. The summed E-state index contributed by atoms with van der Waals surface area (Å²) in [4.78, 5) is 4.57. The summed E-state index contributed by atoms with van der Waals surface area (Å²) in [7, 11) is 0. The third-order valence-corrected chi connectivity index (χ3v) is 4.39. The maximum Gasteiger partial charge on any atom is 0.119 e. The Morgan fingerprint density at radius 1 is 0.913 bits per heavy atom. The van der Waals surface area contributed by atoms with Crippen molar-refractivity contribution in [2.24, 2.45) is 0 Å².